The second-order valence-corrected chi connectivity index (χ2v) is 10.9. The second kappa shape index (κ2) is 14.3. The van der Waals surface area contributed by atoms with E-state index in [4.69, 9.17) is 19.2 Å². The van der Waals surface area contributed by atoms with Gasteiger partial charge in [0.1, 0.15) is 16.8 Å². The van der Waals surface area contributed by atoms with Gasteiger partial charge in [-0.1, -0.05) is 66.7 Å². The number of benzene rings is 4. The first-order chi connectivity index (χ1) is 21.5. The lowest BCUT2D eigenvalue weighted by molar-refractivity contribution is -0.139. The average Bonchev–Trinajstić information content (AvgIpc) is 3.54. The van der Waals surface area contributed by atoms with Gasteiger partial charge in [0, 0.05) is 16.6 Å². The van der Waals surface area contributed by atoms with Crippen molar-refractivity contribution in [1.82, 2.24) is 9.88 Å². The van der Waals surface area contributed by atoms with Crippen LogP contribution in [-0.2, 0) is 22.6 Å². The van der Waals surface area contributed by atoms with Crippen LogP contribution in [0.4, 0.5) is 5.69 Å². The van der Waals surface area contributed by atoms with Crippen LogP contribution in [0.15, 0.2) is 109 Å². The first-order valence-electron chi connectivity index (χ1n) is 14.0. The van der Waals surface area contributed by atoms with E-state index in [1.54, 1.807) is 61.6 Å². The second-order valence-electron chi connectivity index (χ2n) is 9.91. The van der Waals surface area contributed by atoms with Crippen molar-refractivity contribution in [3.05, 3.63) is 125 Å². The van der Waals surface area contributed by atoms with Crippen molar-refractivity contribution >= 4 is 28.8 Å². The Morgan fingerprint density at radius 2 is 1.50 bits per heavy atom. The molecule has 44 heavy (non-hydrogen) atoms. The minimum Gasteiger partial charge on any atom is -0.497 e. The van der Waals surface area contributed by atoms with Crippen molar-refractivity contribution < 1.29 is 23.8 Å². The summed E-state index contributed by atoms with van der Waals surface area (Å²) in [6.45, 7) is 0.123. The van der Waals surface area contributed by atoms with Gasteiger partial charge < -0.3 is 24.4 Å². The zero-order valence-corrected chi connectivity index (χ0v) is 25.5. The lowest BCUT2D eigenvalue weighted by Gasteiger charge is -2.31. The summed E-state index contributed by atoms with van der Waals surface area (Å²) in [6.07, 6.45) is 0.108. The minimum atomic E-state index is -1.02. The van der Waals surface area contributed by atoms with Gasteiger partial charge in [-0.05, 0) is 47.5 Å². The molecule has 9 heteroatoms. The van der Waals surface area contributed by atoms with Crippen LogP contribution in [0.3, 0.4) is 0 Å². The SMILES string of the molecule is COc1ccc(NC(=O)C(c2ccc(OC)c(OC)c2)N(Cc2nc(-c3ccccc3)cs2)C(=O)Cc2ccccc2)cc1. The van der Waals surface area contributed by atoms with Crippen LogP contribution in [0, 0.1) is 0 Å². The van der Waals surface area contributed by atoms with Crippen LogP contribution in [0.2, 0.25) is 0 Å². The third-order valence-corrected chi connectivity index (χ3v) is 7.92. The van der Waals surface area contributed by atoms with Crippen LogP contribution in [0.5, 0.6) is 17.2 Å². The van der Waals surface area contributed by atoms with Crippen LogP contribution >= 0.6 is 11.3 Å². The molecule has 8 nitrogen and oxygen atoms in total. The molecule has 5 aromatic rings. The number of methoxy groups -OCH3 is 3. The molecule has 1 heterocycles. The molecule has 224 valence electrons. The van der Waals surface area contributed by atoms with Gasteiger partial charge in [-0.25, -0.2) is 4.98 Å². The van der Waals surface area contributed by atoms with Crippen molar-refractivity contribution in [3.8, 4) is 28.5 Å². The molecular weight excluding hydrogens is 574 g/mol. The largest absolute Gasteiger partial charge is 0.497 e. The van der Waals surface area contributed by atoms with E-state index in [1.807, 2.05) is 66.0 Å². The average molecular weight is 608 g/mol. The maximum atomic E-state index is 14.2. The molecule has 1 N–H and O–H groups in total. The summed E-state index contributed by atoms with van der Waals surface area (Å²) in [7, 11) is 4.67. The number of hydrogen-bond acceptors (Lipinski definition) is 7. The molecule has 0 fully saturated rings. The number of aromatic nitrogens is 1. The highest BCUT2D eigenvalue weighted by Crippen LogP contribution is 2.34. The predicted octanol–water partition coefficient (Wildman–Crippen LogP) is 6.79. The Hall–Kier alpha value is -5.15. The van der Waals surface area contributed by atoms with Crippen molar-refractivity contribution in [2.75, 3.05) is 26.6 Å². The van der Waals surface area contributed by atoms with Gasteiger partial charge in [0.2, 0.25) is 5.91 Å². The Labute approximate surface area is 260 Å². The molecule has 1 aromatic heterocycles. The molecule has 0 aliphatic heterocycles. The number of carbonyl (C=O) groups excluding carboxylic acids is 2. The highest BCUT2D eigenvalue weighted by Gasteiger charge is 2.33. The fraction of sp³-hybridized carbons (Fsp3) is 0.171. The number of thiazole rings is 1. The number of anilines is 1. The summed E-state index contributed by atoms with van der Waals surface area (Å²) < 4.78 is 16.3. The molecule has 0 saturated carbocycles. The monoisotopic (exact) mass is 607 g/mol. The quantitative estimate of drug-likeness (QED) is 0.168. The summed E-state index contributed by atoms with van der Waals surface area (Å²) in [6, 6.07) is 30.6. The molecule has 2 amide bonds. The molecule has 0 bridgehead atoms. The molecule has 1 unspecified atom stereocenters. The molecule has 4 aromatic carbocycles. The highest BCUT2D eigenvalue weighted by atomic mass is 32.1. The lowest BCUT2D eigenvalue weighted by Crippen LogP contribution is -2.41. The summed E-state index contributed by atoms with van der Waals surface area (Å²) in [5, 5.41) is 5.66. The van der Waals surface area contributed by atoms with E-state index in [1.165, 1.54) is 18.4 Å². The molecular formula is C35H33N3O5S. The zero-order valence-electron chi connectivity index (χ0n) is 24.7. The van der Waals surface area contributed by atoms with Gasteiger partial charge in [-0.15, -0.1) is 11.3 Å². The smallest absolute Gasteiger partial charge is 0.251 e. The summed E-state index contributed by atoms with van der Waals surface area (Å²) >= 11 is 1.45. The number of amides is 2. The topological polar surface area (TPSA) is 90.0 Å². The zero-order chi connectivity index (χ0) is 30.9. The summed E-state index contributed by atoms with van der Waals surface area (Å²) in [5.41, 5.74) is 3.76. The summed E-state index contributed by atoms with van der Waals surface area (Å²) in [4.78, 5) is 34.8. The van der Waals surface area contributed by atoms with E-state index in [-0.39, 0.29) is 24.8 Å². The number of hydrogen-bond donors (Lipinski definition) is 1. The molecule has 0 radical (unpaired) electrons. The van der Waals surface area contributed by atoms with Crippen molar-refractivity contribution in [2.24, 2.45) is 0 Å². The van der Waals surface area contributed by atoms with Gasteiger partial charge >= 0.3 is 0 Å². The van der Waals surface area contributed by atoms with Crippen molar-refractivity contribution in [3.63, 3.8) is 0 Å². The van der Waals surface area contributed by atoms with Gasteiger partial charge in [-0.2, -0.15) is 0 Å². The van der Waals surface area contributed by atoms with Gasteiger partial charge in [0.25, 0.3) is 5.91 Å². The summed E-state index contributed by atoms with van der Waals surface area (Å²) in [5.74, 6) is 1.02. The molecule has 0 spiro atoms. The maximum absolute atomic E-state index is 14.2. The van der Waals surface area contributed by atoms with E-state index < -0.39 is 6.04 Å². The Kier molecular flexibility index (Phi) is 9.89. The van der Waals surface area contributed by atoms with Gasteiger partial charge in [-0.3, -0.25) is 9.59 Å². The highest BCUT2D eigenvalue weighted by molar-refractivity contribution is 7.09. The third kappa shape index (κ3) is 7.25. The molecule has 5 rings (SSSR count). The van der Waals surface area contributed by atoms with E-state index in [9.17, 15) is 9.59 Å². The Morgan fingerprint density at radius 1 is 0.818 bits per heavy atom. The molecule has 1 atom stereocenters. The number of rotatable bonds is 12. The fourth-order valence-electron chi connectivity index (χ4n) is 4.85. The van der Waals surface area contributed by atoms with Crippen LogP contribution in [0.25, 0.3) is 11.3 Å². The van der Waals surface area contributed by atoms with Crippen molar-refractivity contribution in [1.29, 1.82) is 0 Å². The molecule has 0 saturated heterocycles. The fourth-order valence-corrected chi connectivity index (χ4v) is 5.65. The van der Waals surface area contributed by atoms with E-state index >= 15 is 0 Å². The van der Waals surface area contributed by atoms with E-state index in [0.717, 1.165) is 16.8 Å². The van der Waals surface area contributed by atoms with Gasteiger partial charge in [0.05, 0.1) is 40.0 Å². The Morgan fingerprint density at radius 3 is 2.16 bits per heavy atom. The van der Waals surface area contributed by atoms with E-state index in [2.05, 4.69) is 5.32 Å². The first kappa shape index (κ1) is 30.3. The third-order valence-electron chi connectivity index (χ3n) is 7.09. The van der Waals surface area contributed by atoms with Crippen LogP contribution in [0.1, 0.15) is 22.2 Å². The number of carbonyl (C=O) groups is 2. The normalized spacial score (nSPS) is 11.3. The standard InChI is InChI=1S/C35H33N3O5S/c1-41-28-17-15-27(16-18-28)36-35(40)34(26-14-19-30(42-2)31(21-26)43-3)38(33(39)20-24-10-6-4-7-11-24)22-32-37-29(23-44-32)25-12-8-5-9-13-25/h4-19,21,23,34H,20,22H2,1-3H3,(H,36,40). The molecule has 0 aliphatic rings. The minimum absolute atomic E-state index is 0.108. The maximum Gasteiger partial charge on any atom is 0.251 e. The first-order valence-corrected chi connectivity index (χ1v) is 14.9. The van der Waals surface area contributed by atoms with E-state index in [0.29, 0.717) is 33.5 Å². The van der Waals surface area contributed by atoms with Crippen molar-refractivity contribution in [2.45, 2.75) is 19.0 Å². The molecule has 0 aliphatic carbocycles. The van der Waals surface area contributed by atoms with Crippen LogP contribution in [-0.4, -0.2) is 43.0 Å². The lowest BCUT2D eigenvalue weighted by atomic mass is 10.0. The van der Waals surface area contributed by atoms with Gasteiger partial charge in [0.15, 0.2) is 11.5 Å². The Bertz CT molecular complexity index is 1690. The van der Waals surface area contributed by atoms with Crippen LogP contribution < -0.4 is 19.5 Å². The number of nitrogens with zero attached hydrogens (tertiary/aromatic N) is 2. The Balaban J connectivity index is 1.56. The predicted molar refractivity (Wildman–Crippen MR) is 172 cm³/mol. The number of ether oxygens (including phenoxy) is 3. The number of nitrogens with one attached hydrogen (secondary N) is 1.